The third-order valence-electron chi connectivity index (χ3n) is 8.18. The largest absolute Gasteiger partial charge is 0.0654 e. The highest BCUT2D eigenvalue weighted by Gasteiger charge is 2.62. The smallest absolute Gasteiger partial charge is 0.0266 e. The lowest BCUT2D eigenvalue weighted by molar-refractivity contribution is 0.0198. The monoisotopic (exact) mass is 276 g/mol. The molecule has 3 rings (SSSR count). The lowest BCUT2D eigenvalue weighted by atomic mass is 9.57. The highest BCUT2D eigenvalue weighted by molar-refractivity contribution is 5.11. The summed E-state index contributed by atoms with van der Waals surface area (Å²) in [4.78, 5) is 0. The second kappa shape index (κ2) is 5.03. The second-order valence-electron chi connectivity index (χ2n) is 9.05. The zero-order chi connectivity index (χ0) is 14.5. The van der Waals surface area contributed by atoms with Crippen molar-refractivity contribution in [3.63, 3.8) is 0 Å². The Balaban J connectivity index is 1.52. The summed E-state index contributed by atoms with van der Waals surface area (Å²) in [6, 6.07) is 0. The van der Waals surface area contributed by atoms with E-state index in [0.717, 1.165) is 35.0 Å². The first-order chi connectivity index (χ1) is 9.46. The third kappa shape index (κ3) is 2.26. The topological polar surface area (TPSA) is 0 Å². The van der Waals surface area contributed by atoms with E-state index in [1.54, 1.807) is 6.42 Å². The fraction of sp³-hybridized carbons (Fsp3) is 1.00. The first kappa shape index (κ1) is 14.9. The molecule has 0 heterocycles. The van der Waals surface area contributed by atoms with Crippen molar-refractivity contribution in [1.29, 1.82) is 0 Å². The number of hydrogen-bond acceptors (Lipinski definition) is 0. The van der Waals surface area contributed by atoms with Gasteiger partial charge in [-0.1, -0.05) is 53.9 Å². The van der Waals surface area contributed by atoms with Crippen LogP contribution in [0.15, 0.2) is 0 Å². The Bertz CT molecular complexity index is 355. The van der Waals surface area contributed by atoms with E-state index in [2.05, 4.69) is 34.6 Å². The van der Waals surface area contributed by atoms with Crippen LogP contribution in [0.2, 0.25) is 0 Å². The molecule has 7 atom stereocenters. The summed E-state index contributed by atoms with van der Waals surface area (Å²) in [7, 11) is 0. The maximum absolute atomic E-state index is 2.60. The Labute approximate surface area is 127 Å². The highest BCUT2D eigenvalue weighted by atomic mass is 14.7. The lowest BCUT2D eigenvalue weighted by Gasteiger charge is -2.48. The SMILES string of the molecule is CCCCC1CC1(C)C(C)C1CC1C1CCC1(C)CC. The van der Waals surface area contributed by atoms with Crippen molar-refractivity contribution in [3.05, 3.63) is 0 Å². The van der Waals surface area contributed by atoms with Crippen LogP contribution in [-0.4, -0.2) is 0 Å². The van der Waals surface area contributed by atoms with Crippen LogP contribution in [-0.2, 0) is 0 Å². The van der Waals surface area contributed by atoms with Crippen molar-refractivity contribution in [2.24, 2.45) is 40.4 Å². The fourth-order valence-corrected chi connectivity index (χ4v) is 5.65. The van der Waals surface area contributed by atoms with Gasteiger partial charge in [-0.15, -0.1) is 0 Å². The zero-order valence-electron chi connectivity index (χ0n) is 14.5. The molecule has 7 unspecified atom stereocenters. The maximum atomic E-state index is 2.60. The molecule has 0 amide bonds. The van der Waals surface area contributed by atoms with Crippen LogP contribution in [0.3, 0.4) is 0 Å². The molecule has 0 radical (unpaired) electrons. The van der Waals surface area contributed by atoms with Crippen LogP contribution in [0.5, 0.6) is 0 Å². The molecule has 0 heteroatoms. The van der Waals surface area contributed by atoms with Gasteiger partial charge in [0.15, 0.2) is 0 Å². The molecule has 0 saturated heterocycles. The molecule has 0 aromatic heterocycles. The maximum Gasteiger partial charge on any atom is -0.0266 e. The van der Waals surface area contributed by atoms with E-state index in [4.69, 9.17) is 0 Å². The fourth-order valence-electron chi connectivity index (χ4n) is 5.65. The predicted molar refractivity (Wildman–Crippen MR) is 87.6 cm³/mol. The van der Waals surface area contributed by atoms with Gasteiger partial charge in [-0.25, -0.2) is 0 Å². The van der Waals surface area contributed by atoms with E-state index < -0.39 is 0 Å². The van der Waals surface area contributed by atoms with E-state index >= 15 is 0 Å². The number of rotatable bonds is 7. The Morgan fingerprint density at radius 3 is 2.50 bits per heavy atom. The van der Waals surface area contributed by atoms with Gasteiger partial charge in [0, 0.05) is 0 Å². The van der Waals surface area contributed by atoms with Crippen molar-refractivity contribution in [1.82, 2.24) is 0 Å². The van der Waals surface area contributed by atoms with Crippen molar-refractivity contribution >= 4 is 0 Å². The quantitative estimate of drug-likeness (QED) is 0.512. The van der Waals surface area contributed by atoms with Crippen LogP contribution in [0, 0.1) is 40.4 Å². The van der Waals surface area contributed by atoms with Crippen LogP contribution in [0.4, 0.5) is 0 Å². The van der Waals surface area contributed by atoms with Gasteiger partial charge in [0.05, 0.1) is 0 Å². The van der Waals surface area contributed by atoms with Gasteiger partial charge in [-0.05, 0) is 72.5 Å². The summed E-state index contributed by atoms with van der Waals surface area (Å²) < 4.78 is 0. The zero-order valence-corrected chi connectivity index (χ0v) is 14.5. The average Bonchev–Trinajstić information content (AvgIpc) is 3.31. The van der Waals surface area contributed by atoms with Crippen LogP contribution >= 0.6 is 0 Å². The number of hydrogen-bond donors (Lipinski definition) is 0. The summed E-state index contributed by atoms with van der Waals surface area (Å²) >= 11 is 0. The molecule has 116 valence electrons. The molecule has 3 fully saturated rings. The van der Waals surface area contributed by atoms with Gasteiger partial charge in [-0.3, -0.25) is 0 Å². The standard InChI is InChI=1S/C20H36/c1-6-8-9-15-13-20(15,5)14(3)16-12-17(16)18-10-11-19(18,4)7-2/h14-18H,6-13H2,1-5H3. The molecule has 3 aliphatic rings. The van der Waals surface area contributed by atoms with Crippen molar-refractivity contribution in [2.45, 2.75) is 86.0 Å². The Hall–Kier alpha value is 0. The molecular weight excluding hydrogens is 240 g/mol. The summed E-state index contributed by atoms with van der Waals surface area (Å²) in [5, 5.41) is 0. The van der Waals surface area contributed by atoms with E-state index in [0.29, 0.717) is 5.41 Å². The first-order valence-electron chi connectivity index (χ1n) is 9.46. The summed E-state index contributed by atoms with van der Waals surface area (Å²) in [5.41, 5.74) is 1.44. The van der Waals surface area contributed by atoms with E-state index in [1.165, 1.54) is 44.9 Å². The summed E-state index contributed by atoms with van der Waals surface area (Å²) in [5.74, 6) is 5.33. The summed E-state index contributed by atoms with van der Waals surface area (Å²) in [6.07, 6.45) is 11.9. The molecule has 0 aromatic rings. The van der Waals surface area contributed by atoms with Gasteiger partial charge in [-0.2, -0.15) is 0 Å². The Morgan fingerprint density at radius 2 is 1.95 bits per heavy atom. The minimum atomic E-state index is 0.713. The Kier molecular flexibility index (Phi) is 3.75. The molecular formula is C20H36. The number of unbranched alkanes of at least 4 members (excludes halogenated alkanes) is 1. The van der Waals surface area contributed by atoms with Crippen LogP contribution < -0.4 is 0 Å². The van der Waals surface area contributed by atoms with Crippen LogP contribution in [0.25, 0.3) is 0 Å². The van der Waals surface area contributed by atoms with Crippen molar-refractivity contribution in [2.75, 3.05) is 0 Å². The third-order valence-corrected chi connectivity index (χ3v) is 8.18. The molecule has 0 aliphatic heterocycles. The molecule has 0 nitrogen and oxygen atoms in total. The lowest BCUT2D eigenvalue weighted by Crippen LogP contribution is -2.39. The molecule has 0 aromatic carbocycles. The normalized spacial score (nSPS) is 51.5. The minimum absolute atomic E-state index is 0.713. The average molecular weight is 277 g/mol. The summed E-state index contributed by atoms with van der Waals surface area (Å²) in [6.45, 7) is 12.5. The van der Waals surface area contributed by atoms with E-state index in [-0.39, 0.29) is 0 Å². The second-order valence-corrected chi connectivity index (χ2v) is 9.05. The van der Waals surface area contributed by atoms with Crippen LogP contribution in [0.1, 0.15) is 86.0 Å². The highest BCUT2D eigenvalue weighted by Crippen LogP contribution is 2.69. The molecule has 0 bridgehead atoms. The van der Waals surface area contributed by atoms with Crippen molar-refractivity contribution < 1.29 is 0 Å². The first-order valence-corrected chi connectivity index (χ1v) is 9.46. The molecule has 20 heavy (non-hydrogen) atoms. The van der Waals surface area contributed by atoms with Gasteiger partial charge in [0.2, 0.25) is 0 Å². The molecule has 3 aliphatic carbocycles. The van der Waals surface area contributed by atoms with Crippen molar-refractivity contribution in [3.8, 4) is 0 Å². The van der Waals surface area contributed by atoms with Gasteiger partial charge in [0.1, 0.15) is 0 Å². The molecule has 0 spiro atoms. The van der Waals surface area contributed by atoms with E-state index in [9.17, 15) is 0 Å². The van der Waals surface area contributed by atoms with Gasteiger partial charge < -0.3 is 0 Å². The minimum Gasteiger partial charge on any atom is -0.0654 e. The van der Waals surface area contributed by atoms with Gasteiger partial charge in [0.25, 0.3) is 0 Å². The van der Waals surface area contributed by atoms with E-state index in [1.807, 2.05) is 0 Å². The van der Waals surface area contributed by atoms with Gasteiger partial charge >= 0.3 is 0 Å². The molecule has 0 N–H and O–H groups in total. The predicted octanol–water partition coefficient (Wildman–Crippen LogP) is 6.30. The molecule has 3 saturated carbocycles. The Morgan fingerprint density at radius 1 is 1.20 bits per heavy atom.